The first-order chi connectivity index (χ1) is 15.1. The molecule has 0 spiro atoms. The summed E-state index contributed by atoms with van der Waals surface area (Å²) in [5.41, 5.74) is 4.47. The van der Waals surface area contributed by atoms with Gasteiger partial charge in [0.1, 0.15) is 18.1 Å². The van der Waals surface area contributed by atoms with Crippen LogP contribution in [0.3, 0.4) is 0 Å². The number of hydrogen-bond acceptors (Lipinski definition) is 4. The molecule has 0 saturated heterocycles. The zero-order valence-corrected chi connectivity index (χ0v) is 18.3. The summed E-state index contributed by atoms with van der Waals surface area (Å²) in [4.78, 5) is 11.9. The number of hydrazone groups is 1. The third-order valence-electron chi connectivity index (χ3n) is 4.23. The summed E-state index contributed by atoms with van der Waals surface area (Å²) >= 11 is 11.9. The fourth-order valence-corrected chi connectivity index (χ4v) is 3.10. The fourth-order valence-electron chi connectivity index (χ4n) is 2.63. The number of nitrogens with one attached hydrogen (secondary N) is 1. The molecule has 0 heterocycles. The van der Waals surface area contributed by atoms with E-state index in [0.717, 1.165) is 16.9 Å². The Morgan fingerprint density at radius 1 is 0.968 bits per heavy atom. The highest BCUT2D eigenvalue weighted by molar-refractivity contribution is 6.35. The Hall–Kier alpha value is -3.02. The number of rotatable bonds is 10. The maximum absolute atomic E-state index is 11.9. The molecule has 0 aliphatic heterocycles. The minimum atomic E-state index is -0.190. The largest absolute Gasteiger partial charge is 0.492 e. The average Bonchev–Trinajstić information content (AvgIpc) is 2.78. The van der Waals surface area contributed by atoms with Crippen LogP contribution in [0.2, 0.25) is 10.0 Å². The number of halogens is 2. The van der Waals surface area contributed by atoms with Gasteiger partial charge >= 0.3 is 0 Å². The molecule has 0 saturated carbocycles. The smallest absolute Gasteiger partial charge is 0.240 e. The van der Waals surface area contributed by atoms with Crippen molar-refractivity contribution in [3.63, 3.8) is 0 Å². The van der Waals surface area contributed by atoms with Crippen molar-refractivity contribution in [3.05, 3.63) is 94.0 Å². The highest BCUT2D eigenvalue weighted by atomic mass is 35.5. The van der Waals surface area contributed by atoms with E-state index in [2.05, 4.69) is 10.5 Å². The number of amides is 1. The molecule has 0 aromatic heterocycles. The molecule has 1 N–H and O–H groups in total. The van der Waals surface area contributed by atoms with Crippen LogP contribution in [-0.4, -0.2) is 18.7 Å². The lowest BCUT2D eigenvalue weighted by Gasteiger charge is -2.07. The fraction of sp³-hybridized carbons (Fsp3) is 0.167. The van der Waals surface area contributed by atoms with Crippen molar-refractivity contribution in [2.75, 3.05) is 6.61 Å². The third-order valence-corrected chi connectivity index (χ3v) is 4.76. The average molecular weight is 457 g/mol. The van der Waals surface area contributed by atoms with E-state index in [-0.39, 0.29) is 12.3 Å². The second-order valence-corrected chi connectivity index (χ2v) is 7.51. The van der Waals surface area contributed by atoms with Gasteiger partial charge < -0.3 is 9.47 Å². The summed E-state index contributed by atoms with van der Waals surface area (Å²) < 4.78 is 11.3. The first-order valence-electron chi connectivity index (χ1n) is 9.77. The molecule has 160 valence electrons. The number of carbonyl (C=O) groups is 1. The van der Waals surface area contributed by atoms with Gasteiger partial charge in [-0.1, -0.05) is 53.5 Å². The van der Waals surface area contributed by atoms with E-state index >= 15 is 0 Å². The van der Waals surface area contributed by atoms with Crippen molar-refractivity contribution in [3.8, 4) is 11.5 Å². The summed E-state index contributed by atoms with van der Waals surface area (Å²) in [6.07, 6.45) is 2.41. The molecule has 3 aromatic rings. The van der Waals surface area contributed by atoms with Crippen LogP contribution in [0.5, 0.6) is 11.5 Å². The molecule has 31 heavy (non-hydrogen) atoms. The van der Waals surface area contributed by atoms with Crippen molar-refractivity contribution < 1.29 is 14.3 Å². The van der Waals surface area contributed by atoms with E-state index in [4.69, 9.17) is 32.7 Å². The zero-order valence-electron chi connectivity index (χ0n) is 16.8. The highest BCUT2D eigenvalue weighted by Crippen LogP contribution is 2.27. The summed E-state index contributed by atoms with van der Waals surface area (Å²) in [7, 11) is 0. The number of benzene rings is 3. The van der Waals surface area contributed by atoms with Crippen LogP contribution < -0.4 is 14.9 Å². The molecule has 7 heteroatoms. The molecule has 0 bridgehead atoms. The van der Waals surface area contributed by atoms with Gasteiger partial charge in [0.05, 0.1) is 17.8 Å². The minimum Gasteiger partial charge on any atom is -0.492 e. The first kappa shape index (κ1) is 22.7. The van der Waals surface area contributed by atoms with E-state index in [1.165, 1.54) is 0 Å². The Labute approximate surface area is 191 Å². The van der Waals surface area contributed by atoms with Gasteiger partial charge in [-0.2, -0.15) is 5.10 Å². The molecular weight excluding hydrogens is 435 g/mol. The Balaban J connectivity index is 1.34. The Bertz CT molecular complexity index is 1010. The van der Waals surface area contributed by atoms with Gasteiger partial charge in [-0.05, 0) is 60.0 Å². The number of ether oxygens (including phenoxy) is 2. The molecule has 0 aliphatic carbocycles. The second kappa shape index (κ2) is 12.0. The lowest BCUT2D eigenvalue weighted by molar-refractivity contribution is -0.121. The van der Waals surface area contributed by atoms with Crippen LogP contribution in [0.25, 0.3) is 0 Å². The topological polar surface area (TPSA) is 59.9 Å². The van der Waals surface area contributed by atoms with E-state index < -0.39 is 0 Å². The standard InChI is InChI=1S/C24H22Cl2N2O3/c25-20-10-13-23(22(26)15-20)30-14-4-7-24(29)28-27-16-18-8-11-21(12-9-18)31-17-19-5-2-1-3-6-19/h1-3,5-6,8-13,15-16H,4,7,14,17H2,(H,28,29). The third kappa shape index (κ3) is 7.96. The molecule has 3 rings (SSSR count). The minimum absolute atomic E-state index is 0.190. The lowest BCUT2D eigenvalue weighted by atomic mass is 10.2. The second-order valence-electron chi connectivity index (χ2n) is 6.66. The summed E-state index contributed by atoms with van der Waals surface area (Å²) in [5.74, 6) is 1.12. The Morgan fingerprint density at radius 2 is 1.74 bits per heavy atom. The summed E-state index contributed by atoms with van der Waals surface area (Å²) in [6, 6.07) is 22.5. The van der Waals surface area contributed by atoms with E-state index in [0.29, 0.717) is 35.4 Å². The molecule has 0 atom stereocenters. The van der Waals surface area contributed by atoms with Gasteiger partial charge in [-0.3, -0.25) is 4.79 Å². The van der Waals surface area contributed by atoms with Gasteiger partial charge in [0.25, 0.3) is 0 Å². The van der Waals surface area contributed by atoms with Gasteiger partial charge in [-0.25, -0.2) is 5.43 Å². The Morgan fingerprint density at radius 3 is 2.48 bits per heavy atom. The molecule has 0 radical (unpaired) electrons. The predicted molar refractivity (Wildman–Crippen MR) is 124 cm³/mol. The van der Waals surface area contributed by atoms with Gasteiger partial charge in [0.15, 0.2) is 0 Å². The van der Waals surface area contributed by atoms with E-state index in [1.807, 2.05) is 54.6 Å². The van der Waals surface area contributed by atoms with E-state index in [1.54, 1.807) is 24.4 Å². The molecule has 0 fully saturated rings. The maximum atomic E-state index is 11.9. The summed E-state index contributed by atoms with van der Waals surface area (Å²) in [6.45, 7) is 0.876. The van der Waals surface area contributed by atoms with Crippen molar-refractivity contribution in [1.29, 1.82) is 0 Å². The number of carbonyl (C=O) groups excluding carboxylic acids is 1. The molecule has 5 nitrogen and oxygen atoms in total. The van der Waals surface area contributed by atoms with Crippen molar-refractivity contribution >= 4 is 35.3 Å². The van der Waals surface area contributed by atoms with Gasteiger partial charge in [0.2, 0.25) is 5.91 Å². The van der Waals surface area contributed by atoms with Crippen LogP contribution in [0.1, 0.15) is 24.0 Å². The molecule has 1 amide bonds. The van der Waals surface area contributed by atoms with Crippen molar-refractivity contribution in [2.24, 2.45) is 5.10 Å². The van der Waals surface area contributed by atoms with Crippen LogP contribution >= 0.6 is 23.2 Å². The normalized spacial score (nSPS) is 10.8. The maximum Gasteiger partial charge on any atom is 0.240 e. The zero-order chi connectivity index (χ0) is 21.9. The number of hydrogen-bond donors (Lipinski definition) is 1. The summed E-state index contributed by atoms with van der Waals surface area (Å²) in [5, 5.41) is 4.97. The lowest BCUT2D eigenvalue weighted by Crippen LogP contribution is -2.18. The highest BCUT2D eigenvalue weighted by Gasteiger charge is 2.04. The number of nitrogens with zero attached hydrogens (tertiary/aromatic N) is 1. The Kier molecular flexibility index (Phi) is 8.76. The van der Waals surface area contributed by atoms with Gasteiger partial charge in [0, 0.05) is 11.4 Å². The SMILES string of the molecule is O=C(CCCOc1ccc(Cl)cc1Cl)NN=Cc1ccc(OCc2ccccc2)cc1. The molecule has 0 aliphatic rings. The van der Waals surface area contributed by atoms with E-state index in [9.17, 15) is 4.79 Å². The van der Waals surface area contributed by atoms with Crippen LogP contribution in [0.4, 0.5) is 0 Å². The van der Waals surface area contributed by atoms with Crippen molar-refractivity contribution in [1.82, 2.24) is 5.43 Å². The van der Waals surface area contributed by atoms with Crippen LogP contribution in [0, 0.1) is 0 Å². The van der Waals surface area contributed by atoms with Crippen LogP contribution in [0.15, 0.2) is 77.9 Å². The van der Waals surface area contributed by atoms with Crippen LogP contribution in [-0.2, 0) is 11.4 Å². The predicted octanol–water partition coefficient (Wildman–Crippen LogP) is 5.88. The molecule has 0 unspecified atom stereocenters. The quantitative estimate of drug-likeness (QED) is 0.235. The first-order valence-corrected chi connectivity index (χ1v) is 10.5. The molecule has 3 aromatic carbocycles. The van der Waals surface area contributed by atoms with Gasteiger partial charge in [-0.15, -0.1) is 0 Å². The van der Waals surface area contributed by atoms with Crippen molar-refractivity contribution in [2.45, 2.75) is 19.4 Å². The monoisotopic (exact) mass is 456 g/mol. The molecular formula is C24H22Cl2N2O3.